The van der Waals surface area contributed by atoms with Crippen molar-refractivity contribution < 1.29 is 13.9 Å². The number of hydrogen-bond donors (Lipinski definition) is 0. The van der Waals surface area contributed by atoms with Crippen LogP contribution in [0, 0.1) is 20.8 Å². The molecule has 7 heteroatoms. The van der Waals surface area contributed by atoms with Gasteiger partial charge in [-0.05, 0) is 43.9 Å². The summed E-state index contributed by atoms with van der Waals surface area (Å²) in [5.41, 5.74) is 6.33. The predicted molar refractivity (Wildman–Crippen MR) is 103 cm³/mol. The second kappa shape index (κ2) is 6.44. The molecular formula is C21H24N4O3. The Morgan fingerprint density at radius 2 is 2.14 bits per heavy atom. The molecule has 4 heterocycles. The first-order valence-electron chi connectivity index (χ1n) is 9.78. The van der Waals surface area contributed by atoms with Crippen molar-refractivity contribution in [2.75, 3.05) is 13.1 Å². The van der Waals surface area contributed by atoms with Crippen molar-refractivity contribution in [2.45, 2.75) is 52.4 Å². The van der Waals surface area contributed by atoms with E-state index >= 15 is 0 Å². The number of benzene rings is 1. The van der Waals surface area contributed by atoms with Gasteiger partial charge < -0.3 is 14.1 Å². The number of aryl methyl sites for hydroxylation is 3. The lowest BCUT2D eigenvalue weighted by Crippen LogP contribution is -2.50. The van der Waals surface area contributed by atoms with Crippen LogP contribution in [0.2, 0.25) is 0 Å². The lowest BCUT2D eigenvalue weighted by Gasteiger charge is -2.41. The Kier molecular flexibility index (Phi) is 4.01. The molecule has 0 saturated carbocycles. The minimum absolute atomic E-state index is 0.0386. The Balaban J connectivity index is 1.39. The molecule has 2 aromatic heterocycles. The summed E-state index contributed by atoms with van der Waals surface area (Å²) in [5, 5.41) is 9.29. The van der Waals surface area contributed by atoms with Crippen molar-refractivity contribution in [3.63, 3.8) is 0 Å². The average molecular weight is 380 g/mol. The maximum absolute atomic E-state index is 13.1. The molecular weight excluding hydrogens is 356 g/mol. The van der Waals surface area contributed by atoms with Crippen molar-refractivity contribution in [3.8, 4) is 0 Å². The number of rotatable bonds is 2. The van der Waals surface area contributed by atoms with Gasteiger partial charge in [0.05, 0.1) is 43.3 Å². The highest BCUT2D eigenvalue weighted by Gasteiger charge is 2.37. The van der Waals surface area contributed by atoms with E-state index in [-0.39, 0.29) is 18.1 Å². The molecule has 0 spiro atoms. The van der Waals surface area contributed by atoms with Crippen LogP contribution in [0.1, 0.15) is 40.4 Å². The highest BCUT2D eigenvalue weighted by molar-refractivity contribution is 5.92. The van der Waals surface area contributed by atoms with Crippen LogP contribution in [0.5, 0.6) is 0 Å². The van der Waals surface area contributed by atoms with Gasteiger partial charge in [-0.3, -0.25) is 4.79 Å². The zero-order chi connectivity index (χ0) is 19.4. The van der Waals surface area contributed by atoms with Crippen LogP contribution in [-0.2, 0) is 22.6 Å². The third-order valence-electron chi connectivity index (χ3n) is 6.25. The van der Waals surface area contributed by atoms with Gasteiger partial charge in [0.1, 0.15) is 5.58 Å². The van der Waals surface area contributed by atoms with E-state index in [1.165, 1.54) is 5.56 Å². The molecule has 0 unspecified atom stereocenters. The van der Waals surface area contributed by atoms with Crippen LogP contribution in [0.3, 0.4) is 0 Å². The first-order chi connectivity index (χ1) is 13.5. The second-order valence-electron chi connectivity index (χ2n) is 7.99. The molecule has 3 aromatic rings. The van der Waals surface area contributed by atoms with Crippen LogP contribution in [0.25, 0.3) is 11.0 Å². The maximum Gasteiger partial charge on any atom is 0.227 e. The molecule has 2 aliphatic rings. The summed E-state index contributed by atoms with van der Waals surface area (Å²) in [7, 11) is 0. The summed E-state index contributed by atoms with van der Waals surface area (Å²) < 4.78 is 13.7. The highest BCUT2D eigenvalue weighted by Crippen LogP contribution is 2.32. The second-order valence-corrected chi connectivity index (χ2v) is 7.99. The molecule has 0 aliphatic carbocycles. The maximum atomic E-state index is 13.1. The van der Waals surface area contributed by atoms with Crippen molar-refractivity contribution in [1.29, 1.82) is 0 Å². The van der Waals surface area contributed by atoms with Crippen molar-refractivity contribution >= 4 is 16.9 Å². The fourth-order valence-corrected chi connectivity index (χ4v) is 4.60. The van der Waals surface area contributed by atoms with E-state index in [1.54, 1.807) is 12.5 Å². The van der Waals surface area contributed by atoms with E-state index in [2.05, 4.69) is 37.1 Å². The van der Waals surface area contributed by atoms with E-state index in [1.807, 2.05) is 9.58 Å². The number of carbonyl (C=O) groups is 1. The van der Waals surface area contributed by atoms with Crippen LogP contribution in [-0.4, -0.2) is 45.0 Å². The molecule has 1 saturated heterocycles. The standard InChI is InChI=1S/C21H24N4O3/c1-12-6-13(2)20-15(10-28-21(20)14(12)3)7-19(26)24-5-4-18-17(9-24)25-16(11-27-18)8-22-23-25/h6,8,10,17-18H,4-5,7,9,11H2,1-3H3/t17-,18-/m0/s1. The summed E-state index contributed by atoms with van der Waals surface area (Å²) in [4.78, 5) is 15.0. The number of furan rings is 1. The predicted octanol–water partition coefficient (Wildman–Crippen LogP) is 2.86. The number of nitrogens with zero attached hydrogens (tertiary/aromatic N) is 4. The number of piperidine rings is 1. The molecule has 2 atom stereocenters. The largest absolute Gasteiger partial charge is 0.464 e. The molecule has 28 heavy (non-hydrogen) atoms. The Bertz CT molecular complexity index is 1070. The Hall–Kier alpha value is -2.67. The fourth-order valence-electron chi connectivity index (χ4n) is 4.60. The Labute approximate surface area is 163 Å². The molecule has 7 nitrogen and oxygen atoms in total. The van der Waals surface area contributed by atoms with Gasteiger partial charge in [-0.2, -0.15) is 0 Å². The molecule has 0 N–H and O–H groups in total. The van der Waals surface area contributed by atoms with E-state index in [4.69, 9.17) is 9.15 Å². The molecule has 0 bridgehead atoms. The van der Waals surface area contributed by atoms with Gasteiger partial charge in [0.15, 0.2) is 0 Å². The van der Waals surface area contributed by atoms with Crippen LogP contribution >= 0.6 is 0 Å². The number of amides is 1. The van der Waals surface area contributed by atoms with E-state index in [0.29, 0.717) is 26.1 Å². The third-order valence-corrected chi connectivity index (χ3v) is 6.25. The van der Waals surface area contributed by atoms with E-state index in [0.717, 1.165) is 39.8 Å². The summed E-state index contributed by atoms with van der Waals surface area (Å²) in [6.45, 7) is 8.08. The number of likely N-dealkylation sites (tertiary alicyclic amines) is 1. The van der Waals surface area contributed by atoms with Gasteiger partial charge in [0.25, 0.3) is 0 Å². The van der Waals surface area contributed by atoms with Gasteiger partial charge in [0.2, 0.25) is 5.91 Å². The highest BCUT2D eigenvalue weighted by atomic mass is 16.5. The van der Waals surface area contributed by atoms with Crippen LogP contribution in [0.15, 0.2) is 22.9 Å². The number of ether oxygens (including phenoxy) is 1. The molecule has 0 radical (unpaired) electrons. The summed E-state index contributed by atoms with van der Waals surface area (Å²) in [6, 6.07) is 2.20. The van der Waals surface area contributed by atoms with E-state index in [9.17, 15) is 4.79 Å². The Morgan fingerprint density at radius 1 is 1.29 bits per heavy atom. The minimum atomic E-state index is 0.0386. The van der Waals surface area contributed by atoms with Gasteiger partial charge in [-0.15, -0.1) is 5.10 Å². The monoisotopic (exact) mass is 380 g/mol. The van der Waals surface area contributed by atoms with Crippen molar-refractivity contribution in [2.24, 2.45) is 0 Å². The number of carbonyl (C=O) groups excluding carboxylic acids is 1. The lowest BCUT2D eigenvalue weighted by molar-refractivity contribution is -0.137. The first-order valence-corrected chi connectivity index (χ1v) is 9.78. The third kappa shape index (κ3) is 2.64. The SMILES string of the molecule is Cc1cc(C)c2c(CC(=O)N3CC[C@@H]4OCc5cnnn5[C@H]4C3)coc2c1C. The van der Waals surface area contributed by atoms with E-state index < -0.39 is 0 Å². The smallest absolute Gasteiger partial charge is 0.227 e. The van der Waals surface area contributed by atoms with Gasteiger partial charge in [0, 0.05) is 24.0 Å². The van der Waals surface area contributed by atoms with Crippen LogP contribution in [0.4, 0.5) is 0 Å². The summed E-state index contributed by atoms with van der Waals surface area (Å²) >= 11 is 0. The fraction of sp³-hybridized carbons (Fsp3) is 0.476. The molecule has 2 aliphatic heterocycles. The van der Waals surface area contributed by atoms with Crippen molar-refractivity contribution in [3.05, 3.63) is 46.5 Å². The Morgan fingerprint density at radius 3 is 3.00 bits per heavy atom. The molecule has 1 fully saturated rings. The molecule has 5 rings (SSSR count). The summed E-state index contributed by atoms with van der Waals surface area (Å²) in [6.07, 6.45) is 4.74. The molecule has 146 valence electrons. The van der Waals surface area contributed by atoms with Crippen LogP contribution < -0.4 is 0 Å². The van der Waals surface area contributed by atoms with Gasteiger partial charge in [-0.1, -0.05) is 11.3 Å². The minimum Gasteiger partial charge on any atom is -0.464 e. The average Bonchev–Trinajstić information content (AvgIpc) is 3.33. The normalized spacial score (nSPS) is 21.6. The molecule has 1 amide bonds. The lowest BCUT2D eigenvalue weighted by atomic mass is 9.97. The zero-order valence-electron chi connectivity index (χ0n) is 16.4. The zero-order valence-corrected chi connectivity index (χ0v) is 16.4. The number of hydrogen-bond acceptors (Lipinski definition) is 5. The quantitative estimate of drug-likeness (QED) is 0.683. The number of aromatic nitrogens is 3. The summed E-state index contributed by atoms with van der Waals surface area (Å²) in [5.74, 6) is 0.117. The topological polar surface area (TPSA) is 73.4 Å². The number of fused-ring (bicyclic) bond motifs is 4. The molecule has 1 aromatic carbocycles. The van der Waals surface area contributed by atoms with Gasteiger partial charge in [-0.25, -0.2) is 4.68 Å². The van der Waals surface area contributed by atoms with Crippen molar-refractivity contribution in [1.82, 2.24) is 19.9 Å². The van der Waals surface area contributed by atoms with Gasteiger partial charge >= 0.3 is 0 Å². The first kappa shape index (κ1) is 17.4.